The SMILES string of the molecule is CC(C)(C)OC(=O)N1CCC2(CC(Nc3ccccc3)C2)C1. The van der Waals surface area contributed by atoms with E-state index in [1.165, 1.54) is 5.69 Å². The van der Waals surface area contributed by atoms with Crippen LogP contribution in [0.25, 0.3) is 0 Å². The predicted molar refractivity (Wildman–Crippen MR) is 87.9 cm³/mol. The zero-order valence-electron chi connectivity index (χ0n) is 13.8. The third-order valence-electron chi connectivity index (χ3n) is 4.59. The number of nitrogens with one attached hydrogen (secondary N) is 1. The zero-order chi connectivity index (χ0) is 15.8. The second kappa shape index (κ2) is 5.49. The van der Waals surface area contributed by atoms with E-state index in [0.29, 0.717) is 11.5 Å². The van der Waals surface area contributed by atoms with Gasteiger partial charge in [-0.25, -0.2) is 4.79 Å². The Kier molecular flexibility index (Phi) is 3.79. The summed E-state index contributed by atoms with van der Waals surface area (Å²) < 4.78 is 5.48. The largest absolute Gasteiger partial charge is 0.444 e. The van der Waals surface area contributed by atoms with Crippen LogP contribution in [-0.2, 0) is 4.74 Å². The first-order valence-corrected chi connectivity index (χ1v) is 8.15. The normalized spacial score (nSPS) is 27.6. The lowest BCUT2D eigenvalue weighted by Crippen LogP contribution is -2.47. The van der Waals surface area contributed by atoms with E-state index in [1.54, 1.807) is 0 Å². The van der Waals surface area contributed by atoms with E-state index >= 15 is 0 Å². The molecular weight excluding hydrogens is 276 g/mol. The Hall–Kier alpha value is -1.71. The van der Waals surface area contributed by atoms with E-state index in [0.717, 1.165) is 32.4 Å². The fourth-order valence-electron chi connectivity index (χ4n) is 3.61. The standard InChI is InChI=1S/C18H26N2O2/c1-17(2,3)22-16(21)20-10-9-18(13-20)11-15(12-18)19-14-7-5-4-6-8-14/h4-8,15,19H,9-13H2,1-3H3. The molecule has 1 heterocycles. The average molecular weight is 302 g/mol. The van der Waals surface area contributed by atoms with Crippen LogP contribution in [0, 0.1) is 5.41 Å². The van der Waals surface area contributed by atoms with Gasteiger partial charge in [0, 0.05) is 24.8 Å². The number of amides is 1. The highest BCUT2D eigenvalue weighted by atomic mass is 16.6. The van der Waals surface area contributed by atoms with Gasteiger partial charge < -0.3 is 15.0 Å². The predicted octanol–water partition coefficient (Wildman–Crippen LogP) is 3.89. The fraction of sp³-hybridized carbons (Fsp3) is 0.611. The molecule has 1 saturated carbocycles. The maximum Gasteiger partial charge on any atom is 0.410 e. The quantitative estimate of drug-likeness (QED) is 0.901. The van der Waals surface area contributed by atoms with Crippen molar-refractivity contribution in [1.29, 1.82) is 0 Å². The molecule has 0 unspecified atom stereocenters. The highest BCUT2D eigenvalue weighted by Gasteiger charge is 2.49. The van der Waals surface area contributed by atoms with Gasteiger partial charge in [-0.2, -0.15) is 0 Å². The topological polar surface area (TPSA) is 41.6 Å². The summed E-state index contributed by atoms with van der Waals surface area (Å²) in [4.78, 5) is 14.0. The molecule has 3 rings (SSSR count). The van der Waals surface area contributed by atoms with Crippen molar-refractivity contribution >= 4 is 11.8 Å². The first-order chi connectivity index (χ1) is 10.4. The molecule has 0 radical (unpaired) electrons. The van der Waals surface area contributed by atoms with E-state index in [4.69, 9.17) is 4.74 Å². The van der Waals surface area contributed by atoms with Gasteiger partial charge in [0.1, 0.15) is 5.60 Å². The van der Waals surface area contributed by atoms with Crippen molar-refractivity contribution in [2.45, 2.75) is 51.7 Å². The molecule has 2 aliphatic rings. The van der Waals surface area contributed by atoms with Crippen molar-refractivity contribution < 1.29 is 9.53 Å². The number of likely N-dealkylation sites (tertiary alicyclic amines) is 1. The molecule has 1 saturated heterocycles. The average Bonchev–Trinajstić information content (AvgIpc) is 2.83. The molecule has 1 aliphatic heterocycles. The minimum Gasteiger partial charge on any atom is -0.444 e. The summed E-state index contributed by atoms with van der Waals surface area (Å²) in [6.07, 6.45) is 3.21. The Balaban J connectivity index is 1.49. The second-order valence-corrected chi connectivity index (χ2v) is 7.77. The molecule has 0 bridgehead atoms. The van der Waals surface area contributed by atoms with Crippen molar-refractivity contribution in [3.63, 3.8) is 0 Å². The lowest BCUT2D eigenvalue weighted by molar-refractivity contribution is 0.0237. The molecule has 1 spiro atoms. The van der Waals surface area contributed by atoms with Gasteiger partial charge in [-0.1, -0.05) is 18.2 Å². The first kappa shape index (κ1) is 15.2. The fourth-order valence-corrected chi connectivity index (χ4v) is 3.61. The van der Waals surface area contributed by atoms with Gasteiger partial charge in [0.05, 0.1) is 0 Å². The summed E-state index contributed by atoms with van der Waals surface area (Å²) in [6.45, 7) is 7.42. The minimum atomic E-state index is -0.413. The molecule has 1 aromatic carbocycles. The highest BCUT2D eigenvalue weighted by Crippen LogP contribution is 2.49. The number of benzene rings is 1. The molecule has 1 N–H and O–H groups in total. The molecule has 1 amide bonds. The molecule has 120 valence electrons. The molecule has 1 aromatic rings. The van der Waals surface area contributed by atoms with Gasteiger partial charge in [-0.15, -0.1) is 0 Å². The van der Waals surface area contributed by atoms with Crippen molar-refractivity contribution in [3.05, 3.63) is 30.3 Å². The second-order valence-electron chi connectivity index (χ2n) is 7.77. The summed E-state index contributed by atoms with van der Waals surface area (Å²) in [7, 11) is 0. The number of carbonyl (C=O) groups excluding carboxylic acids is 1. The summed E-state index contributed by atoms with van der Waals surface area (Å²) in [5.74, 6) is 0. The van der Waals surface area contributed by atoms with Crippen LogP contribution in [0.1, 0.15) is 40.0 Å². The highest BCUT2D eigenvalue weighted by molar-refractivity contribution is 5.68. The monoisotopic (exact) mass is 302 g/mol. The van der Waals surface area contributed by atoms with Gasteiger partial charge >= 0.3 is 6.09 Å². The van der Waals surface area contributed by atoms with Gasteiger partial charge in [-0.3, -0.25) is 0 Å². The number of rotatable bonds is 2. The summed E-state index contributed by atoms with van der Waals surface area (Å²) >= 11 is 0. The van der Waals surface area contributed by atoms with Gasteiger partial charge in [-0.05, 0) is 57.6 Å². The number of hydrogen-bond donors (Lipinski definition) is 1. The molecule has 4 nitrogen and oxygen atoms in total. The number of anilines is 1. The van der Waals surface area contributed by atoms with Crippen molar-refractivity contribution in [2.75, 3.05) is 18.4 Å². The smallest absolute Gasteiger partial charge is 0.410 e. The van der Waals surface area contributed by atoms with E-state index in [2.05, 4.69) is 29.6 Å². The molecule has 1 aliphatic carbocycles. The molecule has 0 atom stereocenters. The van der Waals surface area contributed by atoms with Crippen LogP contribution < -0.4 is 5.32 Å². The maximum atomic E-state index is 12.1. The summed E-state index contributed by atoms with van der Waals surface area (Å²) in [6, 6.07) is 10.9. The number of para-hydroxylation sites is 1. The molecule has 4 heteroatoms. The molecular formula is C18H26N2O2. The van der Waals surface area contributed by atoms with Crippen LogP contribution in [0.4, 0.5) is 10.5 Å². The van der Waals surface area contributed by atoms with Crippen molar-refractivity contribution in [1.82, 2.24) is 4.90 Å². The van der Waals surface area contributed by atoms with E-state index in [-0.39, 0.29) is 6.09 Å². The van der Waals surface area contributed by atoms with E-state index < -0.39 is 5.60 Å². The minimum absolute atomic E-state index is 0.163. The van der Waals surface area contributed by atoms with Gasteiger partial charge in [0.25, 0.3) is 0 Å². The van der Waals surface area contributed by atoms with Crippen LogP contribution in [0.3, 0.4) is 0 Å². The Labute approximate surface area is 132 Å². The number of nitrogens with zero attached hydrogens (tertiary/aromatic N) is 1. The van der Waals surface area contributed by atoms with Crippen LogP contribution in [0.2, 0.25) is 0 Å². The maximum absolute atomic E-state index is 12.1. The lowest BCUT2D eigenvalue weighted by atomic mass is 9.65. The van der Waals surface area contributed by atoms with Crippen LogP contribution in [0.5, 0.6) is 0 Å². The van der Waals surface area contributed by atoms with Crippen molar-refractivity contribution in [2.24, 2.45) is 5.41 Å². The van der Waals surface area contributed by atoms with Crippen LogP contribution >= 0.6 is 0 Å². The van der Waals surface area contributed by atoms with Crippen LogP contribution in [-0.4, -0.2) is 35.7 Å². The Morgan fingerprint density at radius 2 is 1.95 bits per heavy atom. The molecule has 2 fully saturated rings. The van der Waals surface area contributed by atoms with Gasteiger partial charge in [0.2, 0.25) is 0 Å². The molecule has 0 aromatic heterocycles. The Bertz CT molecular complexity index is 530. The third-order valence-corrected chi connectivity index (χ3v) is 4.59. The van der Waals surface area contributed by atoms with E-state index in [9.17, 15) is 4.79 Å². The van der Waals surface area contributed by atoms with Gasteiger partial charge in [0.15, 0.2) is 0 Å². The summed E-state index contributed by atoms with van der Waals surface area (Å²) in [5.41, 5.74) is 1.08. The Morgan fingerprint density at radius 1 is 1.27 bits per heavy atom. The number of ether oxygens (including phenoxy) is 1. The van der Waals surface area contributed by atoms with Crippen molar-refractivity contribution in [3.8, 4) is 0 Å². The Morgan fingerprint density at radius 3 is 2.59 bits per heavy atom. The zero-order valence-corrected chi connectivity index (χ0v) is 13.8. The number of hydrogen-bond acceptors (Lipinski definition) is 3. The lowest BCUT2D eigenvalue weighted by Gasteiger charge is -2.45. The molecule has 22 heavy (non-hydrogen) atoms. The number of carbonyl (C=O) groups is 1. The summed E-state index contributed by atoms with van der Waals surface area (Å²) in [5, 5.41) is 3.58. The van der Waals surface area contributed by atoms with E-state index in [1.807, 2.05) is 31.7 Å². The van der Waals surface area contributed by atoms with Crippen LogP contribution in [0.15, 0.2) is 30.3 Å². The third kappa shape index (κ3) is 3.37. The first-order valence-electron chi connectivity index (χ1n) is 8.15.